The molecule has 1 aromatic heterocycles. The van der Waals surface area contributed by atoms with Crippen LogP contribution in [0.25, 0.3) is 0 Å². The second kappa shape index (κ2) is 4.25. The number of allylic oxidation sites excluding steroid dienone is 1. The number of halogens is 3. The molecule has 0 saturated heterocycles. The van der Waals surface area contributed by atoms with E-state index in [-0.39, 0.29) is 10.3 Å². The molecule has 0 unspecified atom stereocenters. The summed E-state index contributed by atoms with van der Waals surface area (Å²) in [5, 5.41) is 0.198. The van der Waals surface area contributed by atoms with Crippen molar-refractivity contribution in [3.63, 3.8) is 0 Å². The predicted molar refractivity (Wildman–Crippen MR) is 51.2 cm³/mol. The molecule has 0 aliphatic heterocycles. The molecule has 0 saturated carbocycles. The van der Waals surface area contributed by atoms with Crippen molar-refractivity contribution in [2.75, 3.05) is 0 Å². The summed E-state index contributed by atoms with van der Waals surface area (Å²) in [5.41, 5.74) is -1.17. The van der Waals surface area contributed by atoms with Gasteiger partial charge >= 0.3 is 6.18 Å². The zero-order valence-corrected chi connectivity index (χ0v) is 9.01. The van der Waals surface area contributed by atoms with E-state index in [4.69, 9.17) is 0 Å². The Bertz CT molecular complexity index is 491. The molecule has 0 aliphatic carbocycles. The Morgan fingerprint density at radius 1 is 1.44 bits per heavy atom. The van der Waals surface area contributed by atoms with Crippen molar-refractivity contribution in [3.8, 4) is 0 Å². The smallest absolute Gasteiger partial charge is 0.263 e. The van der Waals surface area contributed by atoms with Crippen molar-refractivity contribution in [2.24, 2.45) is 0 Å². The monoisotopic (exact) mass is 251 g/mol. The Morgan fingerprint density at radius 3 is 2.50 bits per heavy atom. The third-order valence-corrected chi connectivity index (χ3v) is 3.30. The van der Waals surface area contributed by atoms with Crippen molar-refractivity contribution in [3.05, 3.63) is 35.5 Å². The van der Waals surface area contributed by atoms with Gasteiger partial charge < -0.3 is 0 Å². The topological polar surface area (TPSA) is 47.0 Å². The van der Waals surface area contributed by atoms with E-state index in [0.717, 1.165) is 6.20 Å². The van der Waals surface area contributed by atoms with Crippen LogP contribution in [0.15, 0.2) is 40.4 Å². The van der Waals surface area contributed by atoms with E-state index < -0.39 is 21.6 Å². The highest BCUT2D eigenvalue weighted by atomic mass is 32.2. The van der Waals surface area contributed by atoms with Gasteiger partial charge in [-0.3, -0.25) is 4.98 Å². The zero-order chi connectivity index (χ0) is 12.4. The number of aromatic nitrogens is 1. The molecule has 0 spiro atoms. The summed E-state index contributed by atoms with van der Waals surface area (Å²) in [6, 6.07) is 2.52. The quantitative estimate of drug-likeness (QED) is 0.810. The molecule has 0 aromatic carbocycles. The van der Waals surface area contributed by atoms with Gasteiger partial charge in [-0.25, -0.2) is 8.42 Å². The number of rotatable bonds is 2. The summed E-state index contributed by atoms with van der Waals surface area (Å²) in [4.78, 5) is 3.27. The van der Waals surface area contributed by atoms with Crippen LogP contribution in [-0.4, -0.2) is 19.6 Å². The molecule has 0 amide bonds. The number of hydrogen-bond donors (Lipinski definition) is 0. The lowest BCUT2D eigenvalue weighted by atomic mass is 10.3. The van der Waals surface area contributed by atoms with Crippen LogP contribution in [0, 0.1) is 0 Å². The second-order valence-corrected chi connectivity index (χ2v) is 4.83. The SMILES string of the molecule is C/C(=C\S(=O)(=O)c1cccnc1)C(F)(F)F. The lowest BCUT2D eigenvalue weighted by Gasteiger charge is -2.06. The maximum Gasteiger partial charge on any atom is 0.413 e. The van der Waals surface area contributed by atoms with Gasteiger partial charge in [-0.15, -0.1) is 0 Å². The third kappa shape index (κ3) is 3.06. The van der Waals surface area contributed by atoms with Crippen molar-refractivity contribution in [1.29, 1.82) is 0 Å². The number of sulfone groups is 1. The van der Waals surface area contributed by atoms with Crippen LogP contribution in [-0.2, 0) is 9.84 Å². The average molecular weight is 251 g/mol. The van der Waals surface area contributed by atoms with Crippen molar-refractivity contribution in [1.82, 2.24) is 4.98 Å². The van der Waals surface area contributed by atoms with E-state index in [1.165, 1.54) is 18.3 Å². The highest BCUT2D eigenvalue weighted by Gasteiger charge is 2.31. The fraction of sp³-hybridized carbons (Fsp3) is 0.222. The molecule has 7 heteroatoms. The number of hydrogen-bond acceptors (Lipinski definition) is 3. The van der Waals surface area contributed by atoms with Gasteiger partial charge in [-0.2, -0.15) is 13.2 Å². The summed E-state index contributed by atoms with van der Waals surface area (Å²) < 4.78 is 59.4. The van der Waals surface area contributed by atoms with Gasteiger partial charge in [0.05, 0.1) is 4.90 Å². The van der Waals surface area contributed by atoms with Gasteiger partial charge in [-0.05, 0) is 19.1 Å². The number of pyridine rings is 1. The molecule has 88 valence electrons. The van der Waals surface area contributed by atoms with Crippen LogP contribution in [0.3, 0.4) is 0 Å². The van der Waals surface area contributed by atoms with Gasteiger partial charge in [0, 0.05) is 23.4 Å². The lowest BCUT2D eigenvalue weighted by molar-refractivity contribution is -0.0911. The van der Waals surface area contributed by atoms with Gasteiger partial charge in [0.2, 0.25) is 9.84 Å². The molecule has 1 rings (SSSR count). The molecule has 0 fully saturated rings. The molecule has 0 atom stereocenters. The van der Waals surface area contributed by atoms with E-state index in [9.17, 15) is 21.6 Å². The Balaban J connectivity index is 3.16. The molecular weight excluding hydrogens is 243 g/mol. The minimum Gasteiger partial charge on any atom is -0.263 e. The van der Waals surface area contributed by atoms with Crippen LogP contribution in [0.5, 0.6) is 0 Å². The predicted octanol–water partition coefficient (Wildman–Crippen LogP) is 2.32. The molecule has 0 N–H and O–H groups in total. The van der Waals surface area contributed by atoms with Gasteiger partial charge in [0.15, 0.2) is 0 Å². The van der Waals surface area contributed by atoms with Gasteiger partial charge in [0.25, 0.3) is 0 Å². The fourth-order valence-electron chi connectivity index (χ4n) is 0.883. The molecule has 0 aliphatic rings. The van der Waals surface area contributed by atoms with Crippen LogP contribution in [0.2, 0.25) is 0 Å². The molecule has 0 bridgehead atoms. The molecule has 3 nitrogen and oxygen atoms in total. The largest absolute Gasteiger partial charge is 0.413 e. The zero-order valence-electron chi connectivity index (χ0n) is 8.19. The van der Waals surface area contributed by atoms with Gasteiger partial charge in [-0.1, -0.05) is 0 Å². The first kappa shape index (κ1) is 12.7. The van der Waals surface area contributed by atoms with Crippen molar-refractivity contribution >= 4 is 9.84 Å². The highest BCUT2D eigenvalue weighted by molar-refractivity contribution is 7.94. The average Bonchev–Trinajstić information content (AvgIpc) is 2.17. The second-order valence-electron chi connectivity index (χ2n) is 3.03. The summed E-state index contributed by atoms with van der Waals surface area (Å²) in [5.74, 6) is 0. The summed E-state index contributed by atoms with van der Waals surface area (Å²) in [6.07, 6.45) is -2.32. The minimum absolute atomic E-state index is 0.198. The van der Waals surface area contributed by atoms with Crippen LogP contribution in [0.1, 0.15) is 6.92 Å². The van der Waals surface area contributed by atoms with E-state index in [2.05, 4.69) is 4.98 Å². The van der Waals surface area contributed by atoms with Crippen LogP contribution < -0.4 is 0 Å². The Morgan fingerprint density at radius 2 is 2.06 bits per heavy atom. The van der Waals surface area contributed by atoms with E-state index >= 15 is 0 Å². The molecule has 1 aromatic rings. The minimum atomic E-state index is -4.64. The normalized spacial score (nSPS) is 13.9. The van der Waals surface area contributed by atoms with E-state index in [0.29, 0.717) is 6.92 Å². The first-order valence-corrected chi connectivity index (χ1v) is 5.69. The van der Waals surface area contributed by atoms with E-state index in [1.54, 1.807) is 0 Å². The Hall–Kier alpha value is -1.37. The van der Waals surface area contributed by atoms with Crippen LogP contribution >= 0.6 is 0 Å². The third-order valence-electron chi connectivity index (χ3n) is 1.74. The molecular formula is C9H8F3NO2S. The van der Waals surface area contributed by atoms with Crippen molar-refractivity contribution in [2.45, 2.75) is 18.0 Å². The summed E-state index contributed by atoms with van der Waals surface area (Å²) in [7, 11) is -4.09. The Kier molecular flexibility index (Phi) is 3.37. The molecule has 16 heavy (non-hydrogen) atoms. The first-order chi connectivity index (χ1) is 7.23. The standard InChI is InChI=1S/C9H8F3NO2S/c1-7(9(10,11)12)6-16(14,15)8-3-2-4-13-5-8/h2-6H,1H3/b7-6+. The number of alkyl halides is 3. The fourth-order valence-corrected chi connectivity index (χ4v) is 2.09. The first-order valence-electron chi connectivity index (χ1n) is 4.14. The lowest BCUT2D eigenvalue weighted by Crippen LogP contribution is -2.11. The molecule has 1 heterocycles. The molecule has 0 radical (unpaired) electrons. The Labute approximate surface area is 90.5 Å². The number of nitrogens with zero attached hydrogens (tertiary/aromatic N) is 1. The summed E-state index contributed by atoms with van der Waals surface area (Å²) in [6.45, 7) is 0.702. The summed E-state index contributed by atoms with van der Waals surface area (Å²) >= 11 is 0. The van der Waals surface area contributed by atoms with Gasteiger partial charge in [0.1, 0.15) is 0 Å². The maximum atomic E-state index is 12.1. The highest BCUT2D eigenvalue weighted by Crippen LogP contribution is 2.26. The maximum absolute atomic E-state index is 12.1. The van der Waals surface area contributed by atoms with Crippen molar-refractivity contribution < 1.29 is 21.6 Å². The van der Waals surface area contributed by atoms with Crippen LogP contribution in [0.4, 0.5) is 13.2 Å². The van der Waals surface area contributed by atoms with E-state index in [1.807, 2.05) is 0 Å².